The Kier molecular flexibility index (Phi) is 41.3. The Morgan fingerprint density at radius 3 is 0.912 bits per heavy atom. The van der Waals surface area contributed by atoms with Crippen molar-refractivity contribution in [1.29, 1.82) is 0 Å². The second kappa shape index (κ2) is 42.5. The molecule has 3 atom stereocenters. The van der Waals surface area contributed by atoms with E-state index < -0.39 is 6.10 Å². The highest BCUT2D eigenvalue weighted by atomic mass is 16.6. The van der Waals surface area contributed by atoms with Crippen LogP contribution in [0.1, 0.15) is 273 Å². The molecule has 0 aliphatic rings. The Morgan fingerprint density at radius 2 is 0.614 bits per heavy atom. The number of esters is 3. The van der Waals surface area contributed by atoms with Gasteiger partial charge in [0.15, 0.2) is 6.10 Å². The molecule has 6 heteroatoms. The van der Waals surface area contributed by atoms with Gasteiger partial charge in [0.1, 0.15) is 13.2 Å². The van der Waals surface area contributed by atoms with Crippen molar-refractivity contribution in [1.82, 2.24) is 0 Å². The number of hydrogen-bond donors (Lipinski definition) is 0. The molecule has 0 bridgehead atoms. The molecule has 0 heterocycles. The molecular weight excluding hydrogens is 709 g/mol. The highest BCUT2D eigenvalue weighted by Crippen LogP contribution is 2.18. The maximum Gasteiger partial charge on any atom is 0.306 e. The summed E-state index contributed by atoms with van der Waals surface area (Å²) in [6.45, 7) is 13.7. The van der Waals surface area contributed by atoms with Crippen molar-refractivity contribution in [2.75, 3.05) is 13.2 Å². The van der Waals surface area contributed by atoms with Crippen LogP contribution in [0.5, 0.6) is 0 Å². The third-order valence-electron chi connectivity index (χ3n) is 12.1. The van der Waals surface area contributed by atoms with E-state index >= 15 is 0 Å². The van der Waals surface area contributed by atoms with Crippen LogP contribution in [0.3, 0.4) is 0 Å². The van der Waals surface area contributed by atoms with Gasteiger partial charge in [0.25, 0.3) is 0 Å². The van der Waals surface area contributed by atoms with Gasteiger partial charge in [0.2, 0.25) is 0 Å². The van der Waals surface area contributed by atoms with Gasteiger partial charge >= 0.3 is 17.9 Å². The molecule has 0 saturated heterocycles. The second-order valence-corrected chi connectivity index (χ2v) is 18.4. The van der Waals surface area contributed by atoms with E-state index in [0.29, 0.717) is 19.3 Å². The lowest BCUT2D eigenvalue weighted by molar-refractivity contribution is -0.167. The summed E-state index contributed by atoms with van der Waals surface area (Å²) in [5, 5.41) is 0. The first-order chi connectivity index (χ1) is 27.7. The molecule has 0 spiro atoms. The zero-order valence-corrected chi connectivity index (χ0v) is 39.1. The van der Waals surface area contributed by atoms with Crippen LogP contribution in [-0.2, 0) is 28.6 Å². The molecule has 6 nitrogen and oxygen atoms in total. The zero-order chi connectivity index (χ0) is 42.0. The molecule has 0 radical (unpaired) electrons. The van der Waals surface area contributed by atoms with E-state index in [1.165, 1.54) is 154 Å². The number of rotatable bonds is 44. The minimum atomic E-state index is -0.763. The maximum absolute atomic E-state index is 12.8. The van der Waals surface area contributed by atoms with Gasteiger partial charge < -0.3 is 14.2 Å². The predicted octanol–water partition coefficient (Wildman–Crippen LogP) is 16.0. The molecule has 0 aliphatic carbocycles. The van der Waals surface area contributed by atoms with Gasteiger partial charge in [-0.2, -0.15) is 0 Å². The summed E-state index contributed by atoms with van der Waals surface area (Å²) >= 11 is 0. The van der Waals surface area contributed by atoms with Crippen LogP contribution in [0.25, 0.3) is 0 Å². The average molecular weight is 807 g/mol. The fraction of sp³-hybridized carbons (Fsp3) is 0.941. The second-order valence-electron chi connectivity index (χ2n) is 18.4. The zero-order valence-electron chi connectivity index (χ0n) is 39.1. The number of carbonyl (C=O) groups is 3. The largest absolute Gasteiger partial charge is 0.462 e. The van der Waals surface area contributed by atoms with Crippen molar-refractivity contribution in [2.24, 2.45) is 17.8 Å². The highest BCUT2D eigenvalue weighted by molar-refractivity contribution is 5.71. The highest BCUT2D eigenvalue weighted by Gasteiger charge is 2.19. The normalized spacial score (nSPS) is 13.1. The molecule has 2 unspecified atom stereocenters. The molecule has 0 N–H and O–H groups in total. The molecule has 0 fully saturated rings. The number of unbranched alkanes of at least 4 members (excludes halogenated alkanes) is 25. The van der Waals surface area contributed by atoms with E-state index in [1.807, 2.05) is 0 Å². The summed E-state index contributed by atoms with van der Waals surface area (Å²) in [6.07, 6.45) is 40.9. The molecule has 0 aliphatic heterocycles. The van der Waals surface area contributed by atoms with Crippen LogP contribution in [-0.4, -0.2) is 37.2 Å². The molecule has 0 aromatic heterocycles. The van der Waals surface area contributed by atoms with E-state index in [4.69, 9.17) is 14.2 Å². The van der Waals surface area contributed by atoms with Gasteiger partial charge in [0.05, 0.1) is 0 Å². The molecule has 0 rings (SSSR count). The molecular formula is C51H98O6. The van der Waals surface area contributed by atoms with Crippen molar-refractivity contribution in [2.45, 2.75) is 279 Å². The quantitative estimate of drug-likeness (QED) is 0.0347. The van der Waals surface area contributed by atoms with Crippen LogP contribution in [0.15, 0.2) is 0 Å². The van der Waals surface area contributed by atoms with E-state index in [9.17, 15) is 14.4 Å². The SMILES string of the molecule is CCC(C)CCCCCCCCCCCCCCCCC(=O)O[C@@H](COC(=O)CCCCCCCCCCC(C)CC)COC(=O)CCCCCCCCC(C)C. The Morgan fingerprint density at radius 1 is 0.351 bits per heavy atom. The minimum Gasteiger partial charge on any atom is -0.462 e. The summed E-state index contributed by atoms with van der Waals surface area (Å²) < 4.78 is 16.8. The third-order valence-corrected chi connectivity index (χ3v) is 12.1. The molecule has 0 aromatic rings. The van der Waals surface area contributed by atoms with E-state index in [1.54, 1.807) is 0 Å². The first kappa shape index (κ1) is 55.4. The summed E-state index contributed by atoms with van der Waals surface area (Å²) in [5.74, 6) is 1.64. The smallest absolute Gasteiger partial charge is 0.306 e. The fourth-order valence-electron chi connectivity index (χ4n) is 7.52. The number of ether oxygens (including phenoxy) is 3. The number of carbonyl (C=O) groups excluding carboxylic acids is 3. The number of hydrogen-bond acceptors (Lipinski definition) is 6. The van der Waals surface area contributed by atoms with Gasteiger partial charge in [-0.3, -0.25) is 14.4 Å². The fourth-order valence-corrected chi connectivity index (χ4v) is 7.52. The van der Waals surface area contributed by atoms with Crippen molar-refractivity contribution >= 4 is 17.9 Å². The Labute approximate surface area is 355 Å². The molecule has 338 valence electrons. The van der Waals surface area contributed by atoms with Gasteiger partial charge in [0, 0.05) is 19.3 Å². The Hall–Kier alpha value is -1.59. The summed E-state index contributed by atoms with van der Waals surface area (Å²) in [5.41, 5.74) is 0. The first-order valence-corrected chi connectivity index (χ1v) is 25.2. The molecule has 0 aromatic carbocycles. The lowest BCUT2D eigenvalue weighted by Gasteiger charge is -2.18. The lowest BCUT2D eigenvalue weighted by Crippen LogP contribution is -2.30. The van der Waals surface area contributed by atoms with Crippen LogP contribution >= 0.6 is 0 Å². The van der Waals surface area contributed by atoms with Crippen molar-refractivity contribution in [3.63, 3.8) is 0 Å². The first-order valence-electron chi connectivity index (χ1n) is 25.2. The predicted molar refractivity (Wildman–Crippen MR) is 243 cm³/mol. The maximum atomic E-state index is 12.8. The Balaban J connectivity index is 4.28. The van der Waals surface area contributed by atoms with Gasteiger partial charge in [-0.15, -0.1) is 0 Å². The standard InChI is InChI=1S/C51H98O6/c1-7-46(5)38-32-26-19-15-13-11-9-10-12-14-16-22-30-36-42-51(54)57-48(44-56-50(53)41-35-29-24-23-25-31-37-45(3)4)43-55-49(52)40-34-28-21-18-17-20-27-33-39-47(6)8-2/h45-48H,7-44H2,1-6H3/t46?,47?,48-/m0/s1. The van der Waals surface area contributed by atoms with Crippen molar-refractivity contribution in [3.8, 4) is 0 Å². The summed E-state index contributed by atoms with van der Waals surface area (Å²) in [7, 11) is 0. The topological polar surface area (TPSA) is 78.9 Å². The molecule has 0 saturated carbocycles. The van der Waals surface area contributed by atoms with Crippen LogP contribution in [0.4, 0.5) is 0 Å². The third kappa shape index (κ3) is 42.3. The van der Waals surface area contributed by atoms with Crippen molar-refractivity contribution in [3.05, 3.63) is 0 Å². The summed E-state index contributed by atoms with van der Waals surface area (Å²) in [6, 6.07) is 0. The van der Waals surface area contributed by atoms with E-state index in [0.717, 1.165) is 75.5 Å². The van der Waals surface area contributed by atoms with E-state index in [-0.39, 0.29) is 31.1 Å². The summed E-state index contributed by atoms with van der Waals surface area (Å²) in [4.78, 5) is 37.8. The van der Waals surface area contributed by atoms with Crippen LogP contribution in [0, 0.1) is 17.8 Å². The van der Waals surface area contributed by atoms with E-state index in [2.05, 4.69) is 41.5 Å². The average Bonchev–Trinajstić information content (AvgIpc) is 3.19. The van der Waals surface area contributed by atoms with Crippen LogP contribution < -0.4 is 0 Å². The van der Waals surface area contributed by atoms with Gasteiger partial charge in [-0.1, -0.05) is 234 Å². The monoisotopic (exact) mass is 807 g/mol. The van der Waals surface area contributed by atoms with Crippen LogP contribution in [0.2, 0.25) is 0 Å². The van der Waals surface area contributed by atoms with Gasteiger partial charge in [-0.05, 0) is 37.0 Å². The van der Waals surface area contributed by atoms with Crippen molar-refractivity contribution < 1.29 is 28.6 Å². The molecule has 57 heavy (non-hydrogen) atoms. The Bertz CT molecular complexity index is 887. The lowest BCUT2D eigenvalue weighted by atomic mass is 9.99. The minimum absolute atomic E-state index is 0.0662. The molecule has 0 amide bonds. The van der Waals surface area contributed by atoms with Gasteiger partial charge in [-0.25, -0.2) is 0 Å².